The quantitative estimate of drug-likeness (QED) is 0.725. The minimum Gasteiger partial charge on any atom is -0.481 e. The fourth-order valence-corrected chi connectivity index (χ4v) is 1.50. The van der Waals surface area contributed by atoms with Crippen molar-refractivity contribution < 1.29 is 14.7 Å². The zero-order valence-corrected chi connectivity index (χ0v) is 9.80. The highest BCUT2D eigenvalue weighted by molar-refractivity contribution is 5.77. The Morgan fingerprint density at radius 1 is 1.53 bits per heavy atom. The Kier molecular flexibility index (Phi) is 5.19. The molecule has 1 amide bonds. The fraction of sp³-hybridized carbons (Fsp3) is 0.545. The van der Waals surface area contributed by atoms with Crippen LogP contribution in [0.1, 0.15) is 19.8 Å². The summed E-state index contributed by atoms with van der Waals surface area (Å²) >= 11 is 0. The van der Waals surface area contributed by atoms with E-state index in [0.29, 0.717) is 6.42 Å². The van der Waals surface area contributed by atoms with Crippen LogP contribution in [0.2, 0.25) is 0 Å². The van der Waals surface area contributed by atoms with Gasteiger partial charge in [0.2, 0.25) is 5.91 Å². The summed E-state index contributed by atoms with van der Waals surface area (Å²) in [6.07, 6.45) is 4.62. The zero-order chi connectivity index (χ0) is 12.7. The van der Waals surface area contributed by atoms with Gasteiger partial charge in [-0.15, -0.1) is 0 Å². The first-order valence-electron chi connectivity index (χ1n) is 5.60. The van der Waals surface area contributed by atoms with E-state index in [0.717, 1.165) is 6.42 Å². The van der Waals surface area contributed by atoms with Gasteiger partial charge in [-0.05, 0) is 12.5 Å². The highest BCUT2D eigenvalue weighted by Crippen LogP contribution is 2.04. The Bertz CT molecular complexity index is 362. The molecule has 1 rings (SSSR count). The zero-order valence-electron chi connectivity index (χ0n) is 9.80. The number of nitrogens with one attached hydrogen (secondary N) is 1. The molecule has 0 aliphatic heterocycles. The minimum atomic E-state index is -0.869. The van der Waals surface area contributed by atoms with Gasteiger partial charge in [0.1, 0.15) is 6.54 Å². The number of carbonyl (C=O) groups excluding carboxylic acids is 1. The van der Waals surface area contributed by atoms with Gasteiger partial charge in [-0.2, -0.15) is 5.10 Å². The number of carbonyl (C=O) groups is 2. The monoisotopic (exact) mass is 239 g/mol. The summed E-state index contributed by atoms with van der Waals surface area (Å²) in [5.41, 5.74) is 0. The Morgan fingerprint density at radius 2 is 2.29 bits per heavy atom. The molecule has 6 heteroatoms. The number of hydrogen-bond acceptors (Lipinski definition) is 3. The van der Waals surface area contributed by atoms with E-state index in [1.54, 1.807) is 18.5 Å². The van der Waals surface area contributed by atoms with Gasteiger partial charge in [0.25, 0.3) is 0 Å². The second-order valence-corrected chi connectivity index (χ2v) is 3.83. The van der Waals surface area contributed by atoms with Crippen LogP contribution in [0.3, 0.4) is 0 Å². The average molecular weight is 239 g/mol. The van der Waals surface area contributed by atoms with E-state index >= 15 is 0 Å². The summed E-state index contributed by atoms with van der Waals surface area (Å²) < 4.78 is 1.49. The molecule has 0 aliphatic carbocycles. The van der Waals surface area contributed by atoms with Crippen LogP contribution in [0.5, 0.6) is 0 Å². The molecular formula is C11H17N3O3. The van der Waals surface area contributed by atoms with Gasteiger partial charge < -0.3 is 10.4 Å². The lowest BCUT2D eigenvalue weighted by Crippen LogP contribution is -2.35. The molecule has 0 radical (unpaired) electrons. The van der Waals surface area contributed by atoms with Gasteiger partial charge in [0, 0.05) is 18.9 Å². The molecule has 0 aliphatic rings. The van der Waals surface area contributed by atoms with Crippen LogP contribution in [0.25, 0.3) is 0 Å². The number of nitrogens with zero attached hydrogens (tertiary/aromatic N) is 2. The van der Waals surface area contributed by atoms with Gasteiger partial charge >= 0.3 is 5.97 Å². The highest BCUT2D eigenvalue weighted by Gasteiger charge is 2.17. The summed E-state index contributed by atoms with van der Waals surface area (Å²) in [6, 6.07) is 1.73. The maximum Gasteiger partial charge on any atom is 0.308 e. The summed E-state index contributed by atoms with van der Waals surface area (Å²) in [5.74, 6) is -1.61. The predicted molar refractivity (Wildman–Crippen MR) is 61.3 cm³/mol. The molecule has 1 aromatic heterocycles. The predicted octanol–water partition coefficient (Wildman–Crippen LogP) is 0.500. The average Bonchev–Trinajstić information content (AvgIpc) is 2.76. The molecule has 2 N–H and O–H groups in total. The first-order chi connectivity index (χ1) is 8.13. The van der Waals surface area contributed by atoms with Crippen LogP contribution < -0.4 is 5.32 Å². The summed E-state index contributed by atoms with van der Waals surface area (Å²) in [6.45, 7) is 2.20. The molecule has 94 valence electrons. The number of carboxylic acids is 1. The van der Waals surface area contributed by atoms with E-state index in [4.69, 9.17) is 5.11 Å². The van der Waals surface area contributed by atoms with E-state index in [1.165, 1.54) is 4.68 Å². The minimum absolute atomic E-state index is 0.117. The van der Waals surface area contributed by atoms with Crippen molar-refractivity contribution in [2.75, 3.05) is 6.54 Å². The lowest BCUT2D eigenvalue weighted by molar-refractivity contribution is -0.141. The first-order valence-corrected chi connectivity index (χ1v) is 5.60. The Labute approximate surface area is 99.6 Å². The lowest BCUT2D eigenvalue weighted by Gasteiger charge is -2.12. The maximum atomic E-state index is 11.5. The molecule has 1 unspecified atom stereocenters. The maximum absolute atomic E-state index is 11.5. The molecule has 0 fully saturated rings. The number of amides is 1. The molecule has 0 saturated heterocycles. The van der Waals surface area contributed by atoms with E-state index in [1.807, 2.05) is 6.92 Å². The van der Waals surface area contributed by atoms with Crippen molar-refractivity contribution in [2.24, 2.45) is 5.92 Å². The van der Waals surface area contributed by atoms with Crippen LogP contribution in [-0.2, 0) is 16.1 Å². The van der Waals surface area contributed by atoms with Gasteiger partial charge in [0.15, 0.2) is 0 Å². The third kappa shape index (κ3) is 4.67. The van der Waals surface area contributed by atoms with E-state index in [-0.39, 0.29) is 19.0 Å². The largest absolute Gasteiger partial charge is 0.481 e. The number of aliphatic carboxylic acids is 1. The van der Waals surface area contributed by atoms with Crippen LogP contribution in [0.15, 0.2) is 18.5 Å². The van der Waals surface area contributed by atoms with Crippen LogP contribution in [-0.4, -0.2) is 33.3 Å². The van der Waals surface area contributed by atoms with E-state index < -0.39 is 11.9 Å². The van der Waals surface area contributed by atoms with Crippen molar-refractivity contribution in [3.8, 4) is 0 Å². The smallest absolute Gasteiger partial charge is 0.308 e. The normalized spacial score (nSPS) is 12.1. The van der Waals surface area contributed by atoms with E-state index in [9.17, 15) is 9.59 Å². The topological polar surface area (TPSA) is 84.2 Å². The second kappa shape index (κ2) is 6.67. The van der Waals surface area contributed by atoms with Crippen LogP contribution in [0, 0.1) is 5.92 Å². The molecule has 6 nitrogen and oxygen atoms in total. The Balaban J connectivity index is 2.33. The fourth-order valence-electron chi connectivity index (χ4n) is 1.50. The first kappa shape index (κ1) is 13.2. The molecule has 1 atom stereocenters. The third-order valence-electron chi connectivity index (χ3n) is 2.40. The van der Waals surface area contributed by atoms with Gasteiger partial charge in [-0.25, -0.2) is 0 Å². The van der Waals surface area contributed by atoms with Crippen molar-refractivity contribution in [1.82, 2.24) is 15.1 Å². The summed E-state index contributed by atoms with van der Waals surface area (Å²) in [4.78, 5) is 22.3. The number of rotatable bonds is 7. The van der Waals surface area contributed by atoms with Crippen molar-refractivity contribution in [1.29, 1.82) is 0 Å². The number of aromatic nitrogens is 2. The molecule has 0 saturated carbocycles. The number of carboxylic acid groups (broad SMARTS) is 1. The Hall–Kier alpha value is -1.85. The van der Waals surface area contributed by atoms with Crippen LogP contribution >= 0.6 is 0 Å². The van der Waals surface area contributed by atoms with Gasteiger partial charge in [-0.1, -0.05) is 13.3 Å². The summed E-state index contributed by atoms with van der Waals surface area (Å²) in [5, 5.41) is 15.4. The molecule has 0 spiro atoms. The van der Waals surface area contributed by atoms with Gasteiger partial charge in [-0.3, -0.25) is 14.3 Å². The molecule has 1 aromatic rings. The van der Waals surface area contributed by atoms with E-state index in [2.05, 4.69) is 10.4 Å². The molecule has 0 bridgehead atoms. The van der Waals surface area contributed by atoms with Crippen molar-refractivity contribution in [3.63, 3.8) is 0 Å². The molecule has 0 aromatic carbocycles. The molecular weight excluding hydrogens is 222 g/mol. The van der Waals surface area contributed by atoms with Gasteiger partial charge in [0.05, 0.1) is 5.92 Å². The van der Waals surface area contributed by atoms with Crippen molar-refractivity contribution in [2.45, 2.75) is 26.3 Å². The number of hydrogen-bond donors (Lipinski definition) is 2. The standard InChI is InChI=1S/C11H17N3O3/c1-2-4-9(11(16)17)7-12-10(15)8-14-6-3-5-13-14/h3,5-6,9H,2,4,7-8H2,1H3,(H,12,15)(H,16,17). The van der Waals surface area contributed by atoms with Crippen molar-refractivity contribution in [3.05, 3.63) is 18.5 Å². The molecule has 17 heavy (non-hydrogen) atoms. The molecule has 1 heterocycles. The SMILES string of the molecule is CCCC(CNC(=O)Cn1cccn1)C(=O)O. The second-order valence-electron chi connectivity index (χ2n) is 3.83. The lowest BCUT2D eigenvalue weighted by atomic mass is 10.0. The highest BCUT2D eigenvalue weighted by atomic mass is 16.4. The third-order valence-corrected chi connectivity index (χ3v) is 2.40. The Morgan fingerprint density at radius 3 is 2.82 bits per heavy atom. The van der Waals surface area contributed by atoms with Crippen LogP contribution in [0.4, 0.5) is 0 Å². The summed E-state index contributed by atoms with van der Waals surface area (Å²) in [7, 11) is 0. The van der Waals surface area contributed by atoms with Crippen molar-refractivity contribution >= 4 is 11.9 Å².